The summed E-state index contributed by atoms with van der Waals surface area (Å²) in [6, 6.07) is 17.4. The van der Waals surface area contributed by atoms with Gasteiger partial charge in [-0.05, 0) is 54.3 Å². The van der Waals surface area contributed by atoms with E-state index in [0.717, 1.165) is 16.8 Å². The maximum absolute atomic E-state index is 4.87. The first-order valence-electron chi connectivity index (χ1n) is 8.15. The van der Waals surface area contributed by atoms with Crippen molar-refractivity contribution in [2.24, 2.45) is 0 Å². The Balaban J connectivity index is 2.07. The number of rotatable bonds is 3. The van der Waals surface area contributed by atoms with Crippen LogP contribution in [0.5, 0.6) is 0 Å². The molecule has 3 aromatic rings. The molecular weight excluding hydrogens is 280 g/mol. The maximum atomic E-state index is 4.87. The van der Waals surface area contributed by atoms with Crippen molar-refractivity contribution in [2.75, 3.05) is 19.0 Å². The quantitative estimate of drug-likeness (QED) is 0.644. The van der Waals surface area contributed by atoms with Crippen molar-refractivity contribution in [1.82, 2.24) is 4.98 Å². The second-order valence-electron chi connectivity index (χ2n) is 6.70. The highest BCUT2D eigenvalue weighted by atomic mass is 15.1. The van der Waals surface area contributed by atoms with Gasteiger partial charge in [0.25, 0.3) is 0 Å². The second-order valence-corrected chi connectivity index (χ2v) is 6.70. The van der Waals surface area contributed by atoms with Crippen LogP contribution in [0.4, 0.5) is 5.69 Å². The van der Waals surface area contributed by atoms with Gasteiger partial charge < -0.3 is 4.90 Å². The van der Waals surface area contributed by atoms with Crippen molar-refractivity contribution in [3.05, 3.63) is 59.7 Å². The number of benzene rings is 2. The highest BCUT2D eigenvalue weighted by molar-refractivity contribution is 5.85. The smallest absolute Gasteiger partial charge is 0.0712 e. The molecule has 0 radical (unpaired) electrons. The van der Waals surface area contributed by atoms with Crippen LogP contribution in [0.25, 0.3) is 22.2 Å². The Kier molecular flexibility index (Phi) is 4.08. The van der Waals surface area contributed by atoms with Gasteiger partial charge in [-0.2, -0.15) is 0 Å². The van der Waals surface area contributed by atoms with Crippen LogP contribution in [-0.4, -0.2) is 19.1 Å². The third-order valence-corrected chi connectivity index (χ3v) is 4.39. The van der Waals surface area contributed by atoms with Crippen LogP contribution in [0, 0.1) is 6.92 Å². The zero-order chi connectivity index (χ0) is 16.6. The van der Waals surface area contributed by atoms with Crippen molar-refractivity contribution in [2.45, 2.75) is 26.7 Å². The zero-order valence-corrected chi connectivity index (χ0v) is 14.6. The molecule has 2 nitrogen and oxygen atoms in total. The SMILES string of the molecule is Cc1cc(-c2ccc(N(C)C)cc2)nc2ccc(C(C)C)cc12. The Bertz CT molecular complexity index is 830. The summed E-state index contributed by atoms with van der Waals surface area (Å²) in [5.41, 5.74) is 7.12. The Morgan fingerprint density at radius 2 is 1.61 bits per heavy atom. The first kappa shape index (κ1) is 15.5. The molecule has 0 aliphatic carbocycles. The van der Waals surface area contributed by atoms with Gasteiger partial charge in [0.2, 0.25) is 0 Å². The van der Waals surface area contributed by atoms with Crippen molar-refractivity contribution < 1.29 is 0 Å². The number of pyridine rings is 1. The molecule has 2 heteroatoms. The number of anilines is 1. The van der Waals surface area contributed by atoms with E-state index >= 15 is 0 Å². The van der Waals surface area contributed by atoms with E-state index < -0.39 is 0 Å². The molecular formula is C21H24N2. The van der Waals surface area contributed by atoms with Crippen molar-refractivity contribution >= 4 is 16.6 Å². The van der Waals surface area contributed by atoms with Gasteiger partial charge >= 0.3 is 0 Å². The Labute approximate surface area is 138 Å². The number of aryl methyl sites for hydroxylation is 1. The average molecular weight is 304 g/mol. The Hall–Kier alpha value is -2.35. The number of fused-ring (bicyclic) bond motifs is 1. The monoisotopic (exact) mass is 304 g/mol. The summed E-state index contributed by atoms with van der Waals surface area (Å²) < 4.78 is 0. The topological polar surface area (TPSA) is 16.1 Å². The van der Waals surface area contributed by atoms with Gasteiger partial charge in [0.15, 0.2) is 0 Å². The first-order chi connectivity index (χ1) is 11.0. The summed E-state index contributed by atoms with van der Waals surface area (Å²) in [6.45, 7) is 6.63. The number of aromatic nitrogens is 1. The van der Waals surface area contributed by atoms with Crippen LogP contribution in [0.15, 0.2) is 48.5 Å². The van der Waals surface area contributed by atoms with Gasteiger partial charge in [0.05, 0.1) is 11.2 Å². The highest BCUT2D eigenvalue weighted by Gasteiger charge is 2.08. The van der Waals surface area contributed by atoms with Crippen LogP contribution in [-0.2, 0) is 0 Å². The maximum Gasteiger partial charge on any atom is 0.0712 e. The van der Waals surface area contributed by atoms with Gasteiger partial charge in [0.1, 0.15) is 0 Å². The summed E-state index contributed by atoms with van der Waals surface area (Å²) in [7, 11) is 4.11. The fraction of sp³-hybridized carbons (Fsp3) is 0.286. The summed E-state index contributed by atoms with van der Waals surface area (Å²) in [4.78, 5) is 6.98. The van der Waals surface area contributed by atoms with Crippen LogP contribution < -0.4 is 4.90 Å². The van der Waals surface area contributed by atoms with Crippen LogP contribution in [0.1, 0.15) is 30.9 Å². The predicted molar refractivity (Wildman–Crippen MR) is 100 cm³/mol. The van der Waals surface area contributed by atoms with E-state index in [0.29, 0.717) is 5.92 Å². The minimum Gasteiger partial charge on any atom is -0.378 e. The van der Waals surface area contributed by atoms with E-state index in [9.17, 15) is 0 Å². The van der Waals surface area contributed by atoms with E-state index in [1.165, 1.54) is 22.2 Å². The molecule has 0 amide bonds. The van der Waals surface area contributed by atoms with Gasteiger partial charge in [-0.3, -0.25) is 0 Å². The third-order valence-electron chi connectivity index (χ3n) is 4.39. The summed E-state index contributed by atoms with van der Waals surface area (Å²) in [5.74, 6) is 0.539. The Morgan fingerprint density at radius 3 is 2.22 bits per heavy atom. The summed E-state index contributed by atoms with van der Waals surface area (Å²) in [5, 5.41) is 1.25. The minimum absolute atomic E-state index is 0.539. The van der Waals surface area contributed by atoms with Crippen LogP contribution >= 0.6 is 0 Å². The van der Waals surface area contributed by atoms with Crippen molar-refractivity contribution in [3.63, 3.8) is 0 Å². The van der Waals surface area contributed by atoms with E-state index in [1.807, 2.05) is 0 Å². The van der Waals surface area contributed by atoms with Crippen molar-refractivity contribution in [3.8, 4) is 11.3 Å². The lowest BCUT2D eigenvalue weighted by Crippen LogP contribution is -2.07. The Morgan fingerprint density at radius 1 is 0.913 bits per heavy atom. The van der Waals surface area contributed by atoms with E-state index in [2.05, 4.69) is 88.3 Å². The molecule has 0 spiro atoms. The largest absolute Gasteiger partial charge is 0.378 e. The normalized spacial score (nSPS) is 11.2. The molecule has 0 bridgehead atoms. The van der Waals surface area contributed by atoms with Gasteiger partial charge in [-0.15, -0.1) is 0 Å². The molecule has 2 aromatic carbocycles. The molecule has 0 aliphatic rings. The van der Waals surface area contributed by atoms with Crippen LogP contribution in [0.2, 0.25) is 0 Å². The zero-order valence-electron chi connectivity index (χ0n) is 14.6. The fourth-order valence-corrected chi connectivity index (χ4v) is 2.85. The molecule has 0 saturated carbocycles. The number of hydrogen-bond donors (Lipinski definition) is 0. The molecule has 0 atom stereocenters. The second kappa shape index (κ2) is 6.04. The van der Waals surface area contributed by atoms with Crippen molar-refractivity contribution in [1.29, 1.82) is 0 Å². The molecule has 0 aliphatic heterocycles. The van der Waals surface area contributed by atoms with E-state index in [4.69, 9.17) is 4.98 Å². The van der Waals surface area contributed by atoms with Gasteiger partial charge in [0, 0.05) is 30.7 Å². The number of hydrogen-bond acceptors (Lipinski definition) is 2. The first-order valence-corrected chi connectivity index (χ1v) is 8.15. The minimum atomic E-state index is 0.539. The molecule has 0 N–H and O–H groups in total. The molecule has 118 valence electrons. The van der Waals surface area contributed by atoms with Gasteiger partial charge in [-0.1, -0.05) is 32.0 Å². The molecule has 0 unspecified atom stereocenters. The predicted octanol–water partition coefficient (Wildman–Crippen LogP) is 5.40. The average Bonchev–Trinajstić information content (AvgIpc) is 2.54. The summed E-state index contributed by atoms with van der Waals surface area (Å²) >= 11 is 0. The lowest BCUT2D eigenvalue weighted by molar-refractivity contribution is 0.868. The van der Waals surface area contributed by atoms with Crippen LogP contribution in [0.3, 0.4) is 0 Å². The van der Waals surface area contributed by atoms with Gasteiger partial charge in [-0.25, -0.2) is 4.98 Å². The summed E-state index contributed by atoms with van der Waals surface area (Å²) in [6.07, 6.45) is 0. The van der Waals surface area contributed by atoms with E-state index in [-0.39, 0.29) is 0 Å². The molecule has 1 heterocycles. The number of nitrogens with zero attached hydrogens (tertiary/aromatic N) is 2. The lowest BCUT2D eigenvalue weighted by Gasteiger charge is -2.13. The standard InChI is InChI=1S/C21H24N2/c1-14(2)17-8-11-20-19(13-17)15(3)12-21(22-20)16-6-9-18(10-7-16)23(4)5/h6-14H,1-5H3. The molecule has 0 saturated heterocycles. The highest BCUT2D eigenvalue weighted by Crippen LogP contribution is 2.28. The molecule has 23 heavy (non-hydrogen) atoms. The van der Waals surface area contributed by atoms with E-state index in [1.54, 1.807) is 0 Å². The molecule has 0 fully saturated rings. The lowest BCUT2D eigenvalue weighted by atomic mass is 9.98. The fourth-order valence-electron chi connectivity index (χ4n) is 2.85. The molecule has 1 aromatic heterocycles. The third kappa shape index (κ3) is 3.07. The molecule has 3 rings (SSSR count).